The molecule has 1 N–H and O–H groups in total. The summed E-state index contributed by atoms with van der Waals surface area (Å²) >= 11 is 0. The summed E-state index contributed by atoms with van der Waals surface area (Å²) in [6.45, 7) is 3.39. The second-order valence-electron chi connectivity index (χ2n) is 7.30. The highest BCUT2D eigenvalue weighted by Gasteiger charge is 2.29. The molecule has 8 nitrogen and oxygen atoms in total. The highest BCUT2D eigenvalue weighted by atomic mass is 16.2. The fourth-order valence-electron chi connectivity index (χ4n) is 3.71. The van der Waals surface area contributed by atoms with Gasteiger partial charge in [0.2, 0.25) is 11.7 Å². The number of aromatic nitrogens is 5. The largest absolute Gasteiger partial charge is 0.346 e. The van der Waals surface area contributed by atoms with Gasteiger partial charge < -0.3 is 10.2 Å². The first-order valence-corrected chi connectivity index (χ1v) is 9.37. The van der Waals surface area contributed by atoms with Crippen LogP contribution < -0.4 is 10.2 Å². The molecule has 8 heteroatoms. The molecule has 1 unspecified atom stereocenters. The summed E-state index contributed by atoms with van der Waals surface area (Å²) in [5.41, 5.74) is 2.37. The third-order valence-electron chi connectivity index (χ3n) is 5.26. The van der Waals surface area contributed by atoms with E-state index in [-0.39, 0.29) is 11.9 Å². The number of imidazole rings is 1. The molecule has 138 valence electrons. The van der Waals surface area contributed by atoms with Crippen molar-refractivity contribution >= 4 is 17.6 Å². The molecule has 1 saturated carbocycles. The van der Waals surface area contributed by atoms with Crippen LogP contribution in [-0.2, 0) is 0 Å². The number of hydrogen-bond acceptors (Lipinski definition) is 6. The minimum atomic E-state index is -0.118. The molecule has 1 aliphatic carbocycles. The summed E-state index contributed by atoms with van der Waals surface area (Å²) in [5.74, 6) is 1.80. The Kier molecular flexibility index (Phi) is 3.77. The first-order valence-electron chi connectivity index (χ1n) is 9.37. The molecular weight excluding hydrogens is 342 g/mol. The van der Waals surface area contributed by atoms with Gasteiger partial charge in [-0.25, -0.2) is 19.9 Å². The van der Waals surface area contributed by atoms with E-state index in [0.29, 0.717) is 29.6 Å². The zero-order valence-corrected chi connectivity index (χ0v) is 15.2. The lowest BCUT2D eigenvalue weighted by atomic mass is 10.2. The van der Waals surface area contributed by atoms with Crippen molar-refractivity contribution in [3.05, 3.63) is 47.8 Å². The number of rotatable bonds is 4. The van der Waals surface area contributed by atoms with E-state index >= 15 is 0 Å². The van der Waals surface area contributed by atoms with Gasteiger partial charge in [0.25, 0.3) is 5.91 Å². The van der Waals surface area contributed by atoms with Crippen LogP contribution in [0.1, 0.15) is 47.1 Å². The van der Waals surface area contributed by atoms with Crippen molar-refractivity contribution < 1.29 is 4.79 Å². The summed E-state index contributed by atoms with van der Waals surface area (Å²) in [5, 5.41) is 3.14. The van der Waals surface area contributed by atoms with Crippen molar-refractivity contribution in [1.29, 1.82) is 0 Å². The lowest BCUT2D eigenvalue weighted by Crippen LogP contribution is -2.38. The summed E-state index contributed by atoms with van der Waals surface area (Å²) in [4.78, 5) is 32.7. The van der Waals surface area contributed by atoms with Crippen molar-refractivity contribution in [1.82, 2.24) is 29.7 Å². The number of fused-ring (bicyclic) bond motifs is 1. The Hall–Kier alpha value is -3.03. The summed E-state index contributed by atoms with van der Waals surface area (Å²) in [6, 6.07) is 3.87. The SMILES string of the molecule is Cc1nc2ncccn2c1C(=O)NC1CCN(c2nccc(C3CC3)n2)C1. The minimum absolute atomic E-state index is 0.0623. The first kappa shape index (κ1) is 16.2. The molecule has 2 fully saturated rings. The smallest absolute Gasteiger partial charge is 0.270 e. The highest BCUT2D eigenvalue weighted by Crippen LogP contribution is 2.39. The Morgan fingerprint density at radius 2 is 2.07 bits per heavy atom. The first-order chi connectivity index (χ1) is 13.2. The van der Waals surface area contributed by atoms with Gasteiger partial charge in [-0.1, -0.05) is 0 Å². The monoisotopic (exact) mass is 363 g/mol. The second kappa shape index (κ2) is 6.29. The van der Waals surface area contributed by atoms with Gasteiger partial charge in [0.1, 0.15) is 5.69 Å². The molecule has 3 aromatic heterocycles. The molecule has 2 aliphatic rings. The molecule has 4 heterocycles. The van der Waals surface area contributed by atoms with Crippen molar-refractivity contribution in [3.63, 3.8) is 0 Å². The van der Waals surface area contributed by atoms with Crippen molar-refractivity contribution in [2.45, 2.75) is 38.1 Å². The third-order valence-corrected chi connectivity index (χ3v) is 5.26. The van der Waals surface area contributed by atoms with E-state index in [4.69, 9.17) is 4.98 Å². The van der Waals surface area contributed by atoms with Crippen LogP contribution in [0.15, 0.2) is 30.7 Å². The molecular formula is C19H21N7O. The molecule has 1 amide bonds. The molecule has 0 radical (unpaired) electrons. The number of anilines is 1. The Bertz CT molecular complexity index is 1010. The van der Waals surface area contributed by atoms with Crippen LogP contribution in [0.2, 0.25) is 0 Å². The van der Waals surface area contributed by atoms with Crippen LogP contribution in [0, 0.1) is 6.92 Å². The average Bonchev–Trinajstić information content (AvgIpc) is 3.33. The van der Waals surface area contributed by atoms with E-state index in [0.717, 1.165) is 24.6 Å². The van der Waals surface area contributed by atoms with E-state index in [9.17, 15) is 4.79 Å². The number of carbonyl (C=O) groups is 1. The number of amides is 1. The van der Waals surface area contributed by atoms with Gasteiger partial charge in [0, 0.05) is 49.3 Å². The van der Waals surface area contributed by atoms with Gasteiger partial charge in [-0.3, -0.25) is 9.20 Å². The predicted octanol–water partition coefficient (Wildman–Crippen LogP) is 1.71. The molecule has 0 aromatic carbocycles. The maximum absolute atomic E-state index is 12.8. The minimum Gasteiger partial charge on any atom is -0.346 e. The van der Waals surface area contributed by atoms with Crippen molar-refractivity contribution in [2.24, 2.45) is 0 Å². The van der Waals surface area contributed by atoms with Crippen LogP contribution in [0.4, 0.5) is 5.95 Å². The Labute approximate surface area is 156 Å². The van der Waals surface area contributed by atoms with Crippen LogP contribution in [0.25, 0.3) is 5.78 Å². The van der Waals surface area contributed by atoms with Gasteiger partial charge in [-0.15, -0.1) is 0 Å². The van der Waals surface area contributed by atoms with E-state index in [2.05, 4.69) is 25.2 Å². The lowest BCUT2D eigenvalue weighted by molar-refractivity contribution is 0.0933. The van der Waals surface area contributed by atoms with E-state index in [1.54, 1.807) is 16.7 Å². The average molecular weight is 363 g/mol. The Morgan fingerprint density at radius 1 is 1.19 bits per heavy atom. The van der Waals surface area contributed by atoms with Crippen LogP contribution in [0.5, 0.6) is 0 Å². The maximum Gasteiger partial charge on any atom is 0.270 e. The molecule has 0 spiro atoms. The predicted molar refractivity (Wildman–Crippen MR) is 99.8 cm³/mol. The van der Waals surface area contributed by atoms with Gasteiger partial charge in [-0.05, 0) is 38.3 Å². The number of nitrogens with zero attached hydrogens (tertiary/aromatic N) is 6. The summed E-state index contributed by atoms with van der Waals surface area (Å²) in [7, 11) is 0. The third kappa shape index (κ3) is 3.01. The highest BCUT2D eigenvalue weighted by molar-refractivity contribution is 5.94. The number of carbonyl (C=O) groups excluding carboxylic acids is 1. The molecule has 0 bridgehead atoms. The Morgan fingerprint density at radius 3 is 2.93 bits per heavy atom. The van der Waals surface area contributed by atoms with Crippen LogP contribution >= 0.6 is 0 Å². The molecule has 1 saturated heterocycles. The fourth-order valence-corrected chi connectivity index (χ4v) is 3.71. The summed E-state index contributed by atoms with van der Waals surface area (Å²) in [6.07, 6.45) is 8.65. The molecule has 27 heavy (non-hydrogen) atoms. The fraction of sp³-hybridized carbons (Fsp3) is 0.421. The lowest BCUT2D eigenvalue weighted by Gasteiger charge is -2.17. The topological polar surface area (TPSA) is 88.3 Å². The van der Waals surface area contributed by atoms with Gasteiger partial charge in [0.15, 0.2) is 0 Å². The van der Waals surface area contributed by atoms with Gasteiger partial charge in [0.05, 0.1) is 5.69 Å². The number of nitrogens with one attached hydrogen (secondary N) is 1. The van der Waals surface area contributed by atoms with Crippen LogP contribution in [0.3, 0.4) is 0 Å². The zero-order valence-electron chi connectivity index (χ0n) is 15.2. The summed E-state index contributed by atoms with van der Waals surface area (Å²) < 4.78 is 1.74. The second-order valence-corrected chi connectivity index (χ2v) is 7.30. The molecule has 1 atom stereocenters. The van der Waals surface area contributed by atoms with E-state index in [1.165, 1.54) is 12.8 Å². The van der Waals surface area contributed by atoms with E-state index in [1.807, 2.05) is 25.4 Å². The molecule has 3 aromatic rings. The maximum atomic E-state index is 12.8. The van der Waals surface area contributed by atoms with Crippen molar-refractivity contribution in [3.8, 4) is 0 Å². The van der Waals surface area contributed by atoms with Crippen molar-refractivity contribution in [2.75, 3.05) is 18.0 Å². The molecule has 5 rings (SSSR count). The normalized spacial score (nSPS) is 19.6. The Balaban J connectivity index is 1.30. The zero-order chi connectivity index (χ0) is 18.4. The van der Waals surface area contributed by atoms with Gasteiger partial charge in [-0.2, -0.15) is 0 Å². The molecule has 1 aliphatic heterocycles. The standard InChI is InChI=1S/C19H21N7O/c1-12-16(26-9-2-7-20-19(26)22-12)17(27)23-14-6-10-25(11-14)18-21-8-5-15(24-18)13-3-4-13/h2,5,7-9,13-14H,3-4,6,10-11H2,1H3,(H,23,27). The van der Waals surface area contributed by atoms with Crippen LogP contribution in [-0.4, -0.2) is 49.4 Å². The quantitative estimate of drug-likeness (QED) is 0.759. The van der Waals surface area contributed by atoms with E-state index < -0.39 is 0 Å². The van der Waals surface area contributed by atoms with Gasteiger partial charge >= 0.3 is 0 Å². The number of hydrogen-bond donors (Lipinski definition) is 1. The number of aryl methyl sites for hydroxylation is 1.